The van der Waals surface area contributed by atoms with Crippen molar-refractivity contribution in [2.45, 2.75) is 47.0 Å². The van der Waals surface area contributed by atoms with E-state index in [-0.39, 0.29) is 17.3 Å². The van der Waals surface area contributed by atoms with Gasteiger partial charge < -0.3 is 9.88 Å². The lowest BCUT2D eigenvalue weighted by Crippen LogP contribution is -2.36. The third-order valence-electron chi connectivity index (χ3n) is 6.49. The summed E-state index contributed by atoms with van der Waals surface area (Å²) in [6.07, 6.45) is 4.43. The summed E-state index contributed by atoms with van der Waals surface area (Å²) in [6.45, 7) is 9.61. The Kier molecular flexibility index (Phi) is 6.72. The molecular weight excluding hydrogens is 412 g/mol. The van der Waals surface area contributed by atoms with E-state index in [4.69, 9.17) is 0 Å². The van der Waals surface area contributed by atoms with Crippen molar-refractivity contribution >= 4 is 11.6 Å². The van der Waals surface area contributed by atoms with Gasteiger partial charge in [0.1, 0.15) is 11.6 Å². The van der Waals surface area contributed by atoms with Gasteiger partial charge in [0.25, 0.3) is 5.56 Å². The number of piperidine rings is 1. The second-order valence-corrected chi connectivity index (χ2v) is 9.45. The first-order chi connectivity index (χ1) is 15.8. The number of anilines is 1. The summed E-state index contributed by atoms with van der Waals surface area (Å²) in [5, 5.41) is 0. The molecule has 0 bridgehead atoms. The minimum atomic E-state index is -0.122. The number of benzene rings is 1. The molecule has 6 nitrogen and oxygen atoms in total. The molecule has 0 amide bonds. The lowest BCUT2D eigenvalue weighted by atomic mass is 9.88. The molecule has 1 aliphatic rings. The van der Waals surface area contributed by atoms with Gasteiger partial charge in [0.15, 0.2) is 5.78 Å². The highest BCUT2D eigenvalue weighted by Crippen LogP contribution is 2.26. The number of hydrogen-bond donors (Lipinski definition) is 1. The van der Waals surface area contributed by atoms with E-state index in [1.54, 1.807) is 13.1 Å². The number of aromatic amines is 1. The average molecular weight is 445 g/mol. The van der Waals surface area contributed by atoms with E-state index in [1.165, 1.54) is 5.56 Å². The quantitative estimate of drug-likeness (QED) is 0.555. The minimum absolute atomic E-state index is 0.0567. The number of pyridine rings is 1. The highest BCUT2D eigenvalue weighted by Gasteiger charge is 2.26. The van der Waals surface area contributed by atoms with Crippen LogP contribution in [0.2, 0.25) is 0 Å². The van der Waals surface area contributed by atoms with Gasteiger partial charge in [0.05, 0.1) is 0 Å². The number of rotatable bonds is 6. The smallest absolute Gasteiger partial charge is 0.254 e. The standard InChI is InChI=1S/C27H32N4O2/c1-17(2)15-20-5-7-21(8-6-20)25(32)22-11-13-31(14-12-22)24-10-9-23(16-28-24)26-29-19(4)18(3)27(33)30-26/h5-10,16-17,22H,11-15H2,1-4H3,(H,29,30,33). The monoisotopic (exact) mass is 444 g/mol. The Morgan fingerprint density at radius 1 is 1.09 bits per heavy atom. The molecule has 1 N–H and O–H groups in total. The molecule has 0 spiro atoms. The van der Waals surface area contributed by atoms with E-state index in [1.807, 2.05) is 31.2 Å². The average Bonchev–Trinajstić information content (AvgIpc) is 2.82. The first-order valence-electron chi connectivity index (χ1n) is 11.7. The maximum absolute atomic E-state index is 13.0. The van der Waals surface area contributed by atoms with Crippen LogP contribution in [0.4, 0.5) is 5.82 Å². The first kappa shape index (κ1) is 22.9. The van der Waals surface area contributed by atoms with Crippen LogP contribution in [0, 0.1) is 25.7 Å². The van der Waals surface area contributed by atoms with E-state index in [9.17, 15) is 9.59 Å². The molecular formula is C27H32N4O2. The molecule has 0 atom stereocenters. The van der Waals surface area contributed by atoms with Crippen molar-refractivity contribution in [2.24, 2.45) is 11.8 Å². The highest BCUT2D eigenvalue weighted by atomic mass is 16.1. The summed E-state index contributed by atoms with van der Waals surface area (Å²) < 4.78 is 0. The molecule has 2 aromatic heterocycles. The second kappa shape index (κ2) is 9.69. The summed E-state index contributed by atoms with van der Waals surface area (Å²) in [5.74, 6) is 2.33. The van der Waals surface area contributed by atoms with Crippen molar-refractivity contribution in [2.75, 3.05) is 18.0 Å². The van der Waals surface area contributed by atoms with Crippen molar-refractivity contribution in [3.8, 4) is 11.4 Å². The second-order valence-electron chi connectivity index (χ2n) is 9.45. The molecule has 172 valence electrons. The van der Waals surface area contributed by atoms with Crippen LogP contribution in [0.25, 0.3) is 11.4 Å². The Bertz CT molecular complexity index is 1170. The number of aryl methyl sites for hydroxylation is 1. The summed E-state index contributed by atoms with van der Waals surface area (Å²) in [5.41, 5.74) is 4.11. The van der Waals surface area contributed by atoms with Crippen LogP contribution in [0.15, 0.2) is 47.4 Å². The fourth-order valence-corrected chi connectivity index (χ4v) is 4.38. The third-order valence-corrected chi connectivity index (χ3v) is 6.49. The number of nitrogens with one attached hydrogen (secondary N) is 1. The van der Waals surface area contributed by atoms with Gasteiger partial charge in [-0.15, -0.1) is 0 Å². The lowest BCUT2D eigenvalue weighted by molar-refractivity contribution is 0.0900. The number of carbonyl (C=O) groups is 1. The molecule has 1 saturated heterocycles. The molecule has 6 heteroatoms. The van der Waals surface area contributed by atoms with Crippen LogP contribution in [0.3, 0.4) is 0 Å². The van der Waals surface area contributed by atoms with Crippen molar-refractivity contribution in [1.82, 2.24) is 15.0 Å². The van der Waals surface area contributed by atoms with Crippen molar-refractivity contribution in [3.05, 3.63) is 75.3 Å². The van der Waals surface area contributed by atoms with Gasteiger partial charge in [-0.1, -0.05) is 38.1 Å². The van der Waals surface area contributed by atoms with Crippen molar-refractivity contribution in [3.63, 3.8) is 0 Å². The number of ketones is 1. The van der Waals surface area contributed by atoms with E-state index in [2.05, 4.69) is 45.8 Å². The predicted octanol–water partition coefficient (Wildman–Crippen LogP) is 4.75. The zero-order valence-electron chi connectivity index (χ0n) is 19.9. The van der Waals surface area contributed by atoms with Crippen LogP contribution >= 0.6 is 0 Å². The zero-order chi connectivity index (χ0) is 23.5. The van der Waals surface area contributed by atoms with Crippen LogP contribution in [-0.4, -0.2) is 33.8 Å². The molecule has 33 heavy (non-hydrogen) atoms. The Morgan fingerprint density at radius 2 is 1.79 bits per heavy atom. The summed E-state index contributed by atoms with van der Waals surface area (Å²) >= 11 is 0. The first-order valence-corrected chi connectivity index (χ1v) is 11.7. The fourth-order valence-electron chi connectivity index (χ4n) is 4.38. The van der Waals surface area contributed by atoms with Gasteiger partial charge in [-0.3, -0.25) is 9.59 Å². The van der Waals surface area contributed by atoms with Crippen LogP contribution in [0.1, 0.15) is 53.9 Å². The summed E-state index contributed by atoms with van der Waals surface area (Å²) in [4.78, 5) is 39.1. The molecule has 1 aromatic carbocycles. The largest absolute Gasteiger partial charge is 0.357 e. The highest BCUT2D eigenvalue weighted by molar-refractivity contribution is 5.98. The van der Waals surface area contributed by atoms with E-state index in [0.717, 1.165) is 55.0 Å². The number of aromatic nitrogens is 3. The van der Waals surface area contributed by atoms with Gasteiger partial charge in [-0.2, -0.15) is 0 Å². The fraction of sp³-hybridized carbons (Fsp3) is 0.407. The van der Waals surface area contributed by atoms with Gasteiger partial charge in [0.2, 0.25) is 0 Å². The minimum Gasteiger partial charge on any atom is -0.357 e. The SMILES string of the molecule is Cc1nc(-c2ccc(N3CCC(C(=O)c4ccc(CC(C)C)cc4)CC3)nc2)[nH]c(=O)c1C. The van der Waals surface area contributed by atoms with Crippen LogP contribution in [0.5, 0.6) is 0 Å². The molecule has 0 saturated carbocycles. The van der Waals surface area contributed by atoms with E-state index < -0.39 is 0 Å². The molecule has 3 heterocycles. The molecule has 1 aliphatic heterocycles. The third kappa shape index (κ3) is 5.21. The normalized spacial score (nSPS) is 14.6. The number of nitrogens with zero attached hydrogens (tertiary/aromatic N) is 3. The number of Topliss-reactive ketones (excluding diaryl/α,β-unsaturated/α-hetero) is 1. The lowest BCUT2D eigenvalue weighted by Gasteiger charge is -2.32. The molecule has 1 fully saturated rings. The molecule has 0 aliphatic carbocycles. The van der Waals surface area contributed by atoms with Crippen molar-refractivity contribution < 1.29 is 4.79 Å². The molecule has 3 aromatic rings. The van der Waals surface area contributed by atoms with Gasteiger partial charge in [-0.05, 0) is 56.7 Å². The number of H-pyrrole nitrogens is 1. The van der Waals surface area contributed by atoms with Gasteiger partial charge in [-0.25, -0.2) is 9.97 Å². The molecule has 0 unspecified atom stereocenters. The number of carbonyl (C=O) groups excluding carboxylic acids is 1. The van der Waals surface area contributed by atoms with Gasteiger partial charge in [0, 0.05) is 47.6 Å². The maximum Gasteiger partial charge on any atom is 0.254 e. The van der Waals surface area contributed by atoms with E-state index >= 15 is 0 Å². The Hall–Kier alpha value is -3.28. The Balaban J connectivity index is 1.38. The van der Waals surface area contributed by atoms with Crippen LogP contribution in [-0.2, 0) is 6.42 Å². The van der Waals surface area contributed by atoms with Crippen LogP contribution < -0.4 is 10.5 Å². The maximum atomic E-state index is 13.0. The van der Waals surface area contributed by atoms with E-state index in [0.29, 0.717) is 17.3 Å². The molecule has 0 radical (unpaired) electrons. The Labute approximate surface area is 195 Å². The topological polar surface area (TPSA) is 79.0 Å². The Morgan fingerprint density at radius 3 is 2.36 bits per heavy atom. The van der Waals surface area contributed by atoms with Gasteiger partial charge >= 0.3 is 0 Å². The summed E-state index contributed by atoms with van der Waals surface area (Å²) in [6, 6.07) is 12.0. The van der Waals surface area contributed by atoms with Crippen molar-refractivity contribution in [1.29, 1.82) is 0 Å². The number of hydrogen-bond acceptors (Lipinski definition) is 5. The summed E-state index contributed by atoms with van der Waals surface area (Å²) in [7, 11) is 0. The molecule has 4 rings (SSSR count). The predicted molar refractivity (Wildman–Crippen MR) is 132 cm³/mol. The zero-order valence-corrected chi connectivity index (χ0v) is 19.9.